The molecule has 6 nitrogen and oxygen atoms in total. The molecule has 1 aliphatic heterocycles. The van der Waals surface area contributed by atoms with Crippen molar-refractivity contribution in [2.75, 3.05) is 26.4 Å². The second-order valence-electron chi connectivity index (χ2n) is 4.15. The highest BCUT2D eigenvalue weighted by Crippen LogP contribution is 2.27. The number of hydrogen-bond donors (Lipinski definition) is 1. The predicted molar refractivity (Wildman–Crippen MR) is 78.0 cm³/mol. The monoisotopic (exact) mass is 355 g/mol. The number of esters is 2. The molecule has 0 aliphatic carbocycles. The van der Waals surface area contributed by atoms with Crippen molar-refractivity contribution in [2.45, 2.75) is 0 Å². The summed E-state index contributed by atoms with van der Waals surface area (Å²) in [5, 5.41) is 0. The van der Waals surface area contributed by atoms with Gasteiger partial charge >= 0.3 is 11.9 Å². The number of halogens is 1. The summed E-state index contributed by atoms with van der Waals surface area (Å²) in [6, 6.07) is 7.25. The Bertz CT molecular complexity index is 567. The summed E-state index contributed by atoms with van der Waals surface area (Å²) < 4.78 is 16.2. The second-order valence-corrected chi connectivity index (χ2v) is 5.07. The van der Waals surface area contributed by atoms with Gasteiger partial charge in [-0.2, -0.15) is 0 Å². The van der Waals surface area contributed by atoms with Crippen molar-refractivity contribution in [3.8, 4) is 0 Å². The number of hydrogen-bond acceptors (Lipinski definition) is 6. The van der Waals surface area contributed by atoms with Crippen LogP contribution in [-0.2, 0) is 23.8 Å². The van der Waals surface area contributed by atoms with Crippen molar-refractivity contribution in [2.24, 2.45) is 5.73 Å². The number of ether oxygens (including phenoxy) is 3. The highest BCUT2D eigenvalue weighted by Gasteiger charge is 2.27. The van der Waals surface area contributed by atoms with E-state index in [0.29, 0.717) is 11.3 Å². The van der Waals surface area contributed by atoms with Gasteiger partial charge in [0.1, 0.15) is 31.2 Å². The highest BCUT2D eigenvalue weighted by molar-refractivity contribution is 9.10. The van der Waals surface area contributed by atoms with Crippen LogP contribution in [0, 0.1) is 0 Å². The number of carbonyl (C=O) groups is 2. The van der Waals surface area contributed by atoms with Crippen LogP contribution in [-0.4, -0.2) is 38.3 Å². The summed E-state index contributed by atoms with van der Waals surface area (Å²) in [5.41, 5.74) is 6.22. The highest BCUT2D eigenvalue weighted by atomic mass is 79.9. The summed E-state index contributed by atoms with van der Waals surface area (Å²) in [7, 11) is 0. The molecule has 1 aromatic carbocycles. The average molecular weight is 356 g/mol. The van der Waals surface area contributed by atoms with E-state index < -0.39 is 11.9 Å². The van der Waals surface area contributed by atoms with Crippen LogP contribution in [0.25, 0.3) is 5.57 Å². The molecule has 1 aliphatic rings. The molecular weight excluding hydrogens is 342 g/mol. The summed E-state index contributed by atoms with van der Waals surface area (Å²) in [6.45, 7) is 0.114. The van der Waals surface area contributed by atoms with Gasteiger partial charge in [-0.1, -0.05) is 28.1 Å². The topological polar surface area (TPSA) is 87.9 Å². The average Bonchev–Trinajstić information content (AvgIpc) is 2.85. The largest absolute Gasteiger partial charge is 0.490 e. The van der Waals surface area contributed by atoms with E-state index in [4.69, 9.17) is 19.9 Å². The maximum absolute atomic E-state index is 11.8. The quantitative estimate of drug-likeness (QED) is 0.610. The molecule has 0 saturated heterocycles. The summed E-state index contributed by atoms with van der Waals surface area (Å²) in [4.78, 5) is 22.7. The third-order valence-corrected chi connectivity index (χ3v) is 3.27. The summed E-state index contributed by atoms with van der Waals surface area (Å²) >= 11 is 3.33. The number of cyclic esters (lactones) is 1. The first-order valence-corrected chi connectivity index (χ1v) is 7.06. The zero-order valence-corrected chi connectivity index (χ0v) is 12.7. The number of benzene rings is 1. The lowest BCUT2D eigenvalue weighted by Crippen LogP contribution is -2.19. The molecule has 7 heteroatoms. The molecule has 2 N–H and O–H groups in total. The Morgan fingerprint density at radius 2 is 2.00 bits per heavy atom. The number of nitrogens with two attached hydrogens (primary N) is 1. The van der Waals surface area contributed by atoms with Crippen molar-refractivity contribution in [1.29, 1.82) is 0 Å². The Kier molecular flexibility index (Phi) is 5.35. The first-order chi connectivity index (χ1) is 10.1. The molecule has 112 valence electrons. The van der Waals surface area contributed by atoms with E-state index in [1.165, 1.54) is 0 Å². The van der Waals surface area contributed by atoms with Crippen molar-refractivity contribution in [1.82, 2.24) is 0 Å². The Morgan fingerprint density at radius 3 is 2.67 bits per heavy atom. The third kappa shape index (κ3) is 4.05. The molecule has 0 aromatic heterocycles. The van der Waals surface area contributed by atoms with Gasteiger partial charge in [-0.15, -0.1) is 0 Å². The fourth-order valence-corrected chi connectivity index (χ4v) is 2.04. The van der Waals surface area contributed by atoms with E-state index >= 15 is 0 Å². The van der Waals surface area contributed by atoms with Crippen molar-refractivity contribution in [3.05, 3.63) is 40.1 Å². The van der Waals surface area contributed by atoms with Crippen LogP contribution in [0.15, 0.2) is 34.5 Å². The zero-order valence-electron chi connectivity index (χ0n) is 11.1. The molecule has 0 atom stereocenters. The van der Waals surface area contributed by atoms with Gasteiger partial charge in [-0.25, -0.2) is 4.79 Å². The third-order valence-electron chi connectivity index (χ3n) is 2.74. The van der Waals surface area contributed by atoms with Gasteiger partial charge in [0.15, 0.2) is 0 Å². The molecule has 0 amide bonds. The van der Waals surface area contributed by atoms with Crippen LogP contribution in [0.3, 0.4) is 0 Å². The van der Waals surface area contributed by atoms with E-state index in [1.807, 2.05) is 12.1 Å². The lowest BCUT2D eigenvalue weighted by Gasteiger charge is -2.08. The minimum Gasteiger partial charge on any atom is -0.490 e. The molecule has 0 bridgehead atoms. The van der Waals surface area contributed by atoms with E-state index in [0.717, 1.165) is 10.0 Å². The lowest BCUT2D eigenvalue weighted by atomic mass is 10.1. The van der Waals surface area contributed by atoms with Gasteiger partial charge < -0.3 is 19.9 Å². The molecule has 1 heterocycles. The van der Waals surface area contributed by atoms with Crippen molar-refractivity contribution >= 4 is 33.4 Å². The molecule has 1 aromatic rings. The van der Waals surface area contributed by atoms with Crippen molar-refractivity contribution in [3.63, 3.8) is 0 Å². The van der Waals surface area contributed by atoms with Crippen LogP contribution >= 0.6 is 15.9 Å². The van der Waals surface area contributed by atoms with Gasteiger partial charge in [0.25, 0.3) is 0 Å². The molecule has 0 unspecified atom stereocenters. The SMILES string of the molecule is NCC(=O)OCCOC1=C(c2ccc(Br)cc2)C(=O)OC1. The fraction of sp³-hybridized carbons (Fsp3) is 0.286. The zero-order chi connectivity index (χ0) is 15.2. The Morgan fingerprint density at radius 1 is 1.29 bits per heavy atom. The molecule has 0 radical (unpaired) electrons. The fourth-order valence-electron chi connectivity index (χ4n) is 1.78. The van der Waals surface area contributed by atoms with E-state index in [1.54, 1.807) is 12.1 Å². The maximum atomic E-state index is 11.8. The van der Waals surface area contributed by atoms with Crippen LogP contribution < -0.4 is 5.73 Å². The van der Waals surface area contributed by atoms with E-state index in [9.17, 15) is 9.59 Å². The van der Waals surface area contributed by atoms with Gasteiger partial charge in [-0.05, 0) is 17.7 Å². The second kappa shape index (κ2) is 7.24. The lowest BCUT2D eigenvalue weighted by molar-refractivity contribution is -0.143. The van der Waals surface area contributed by atoms with E-state index in [2.05, 4.69) is 15.9 Å². The molecular formula is C14H14BrNO5. The minimum atomic E-state index is -0.500. The summed E-state index contributed by atoms with van der Waals surface area (Å²) in [6.07, 6.45) is 0. The van der Waals surface area contributed by atoms with Crippen LogP contribution in [0.5, 0.6) is 0 Å². The van der Waals surface area contributed by atoms with Gasteiger partial charge in [0.2, 0.25) is 0 Å². The van der Waals surface area contributed by atoms with E-state index in [-0.39, 0.29) is 26.4 Å². The van der Waals surface area contributed by atoms with Gasteiger partial charge in [-0.3, -0.25) is 4.79 Å². The number of rotatable bonds is 6. The Hall–Kier alpha value is -1.86. The normalized spacial score (nSPS) is 14.1. The Labute approximate surface area is 130 Å². The smallest absolute Gasteiger partial charge is 0.342 e. The van der Waals surface area contributed by atoms with Crippen LogP contribution in [0.1, 0.15) is 5.56 Å². The molecule has 0 saturated carbocycles. The first kappa shape index (κ1) is 15.5. The van der Waals surface area contributed by atoms with Gasteiger partial charge in [0.05, 0.1) is 6.54 Å². The number of carbonyl (C=O) groups excluding carboxylic acids is 2. The first-order valence-electron chi connectivity index (χ1n) is 6.26. The summed E-state index contributed by atoms with van der Waals surface area (Å²) in [5.74, 6) is -0.489. The molecule has 0 fully saturated rings. The molecule has 2 rings (SSSR count). The van der Waals surface area contributed by atoms with Gasteiger partial charge in [0, 0.05) is 4.47 Å². The van der Waals surface area contributed by atoms with Crippen LogP contribution in [0.4, 0.5) is 0 Å². The standard InChI is InChI=1S/C14H14BrNO5/c15-10-3-1-9(2-4-10)13-11(8-21-14(13)18)19-5-6-20-12(17)7-16/h1-4H,5-8,16H2. The maximum Gasteiger partial charge on any atom is 0.342 e. The minimum absolute atomic E-state index is 0.0708. The molecule has 21 heavy (non-hydrogen) atoms. The van der Waals surface area contributed by atoms with Crippen LogP contribution in [0.2, 0.25) is 0 Å². The molecule has 0 spiro atoms. The Balaban J connectivity index is 2.02. The predicted octanol–water partition coefficient (Wildman–Crippen LogP) is 1.24. The van der Waals surface area contributed by atoms with Crippen molar-refractivity contribution < 1.29 is 23.8 Å².